The standard InChI is InChI=1S/C9H8N4O2S/c1-4-2-3-5(13-12-4)7-6(8(14)15)11-9(10)16-7/h2-3H,1H3,(H2,10,11)(H,14,15). The Morgan fingerprint density at radius 2 is 2.19 bits per heavy atom. The zero-order chi connectivity index (χ0) is 11.7. The lowest BCUT2D eigenvalue weighted by atomic mass is 10.2. The fraction of sp³-hybridized carbons (Fsp3) is 0.111. The van der Waals surface area contributed by atoms with Gasteiger partial charge in [0.2, 0.25) is 0 Å². The van der Waals surface area contributed by atoms with E-state index in [1.807, 2.05) is 0 Å². The second kappa shape index (κ2) is 3.86. The van der Waals surface area contributed by atoms with Crippen LogP contribution in [0.4, 0.5) is 5.13 Å². The van der Waals surface area contributed by atoms with E-state index < -0.39 is 5.97 Å². The molecular formula is C9H8N4O2S. The minimum Gasteiger partial charge on any atom is -0.476 e. The minimum atomic E-state index is -1.12. The van der Waals surface area contributed by atoms with E-state index in [0.29, 0.717) is 10.6 Å². The van der Waals surface area contributed by atoms with Crippen LogP contribution in [0.5, 0.6) is 0 Å². The number of nitrogen functional groups attached to an aromatic ring is 1. The Hall–Kier alpha value is -2.02. The smallest absolute Gasteiger partial charge is 0.356 e. The molecule has 2 rings (SSSR count). The highest BCUT2D eigenvalue weighted by atomic mass is 32.1. The van der Waals surface area contributed by atoms with Gasteiger partial charge in [-0.3, -0.25) is 0 Å². The minimum absolute atomic E-state index is 0.0827. The van der Waals surface area contributed by atoms with Gasteiger partial charge in [0.1, 0.15) is 5.69 Å². The molecule has 0 unspecified atom stereocenters. The number of aromatic nitrogens is 3. The number of carboxylic acid groups (broad SMARTS) is 1. The highest BCUT2D eigenvalue weighted by Gasteiger charge is 2.18. The number of carboxylic acids is 1. The molecule has 0 atom stereocenters. The second-order valence-corrected chi connectivity index (χ2v) is 4.13. The van der Waals surface area contributed by atoms with E-state index in [1.54, 1.807) is 19.1 Å². The number of thiazole rings is 1. The zero-order valence-corrected chi connectivity index (χ0v) is 9.15. The quantitative estimate of drug-likeness (QED) is 0.811. The SMILES string of the molecule is Cc1ccc(-c2sc(N)nc2C(=O)O)nn1. The predicted octanol–water partition coefficient (Wildman–Crippen LogP) is 1.19. The van der Waals surface area contributed by atoms with Crippen molar-refractivity contribution in [3.05, 3.63) is 23.5 Å². The Morgan fingerprint density at radius 3 is 2.75 bits per heavy atom. The van der Waals surface area contributed by atoms with E-state index in [4.69, 9.17) is 10.8 Å². The third-order valence-corrected chi connectivity index (χ3v) is 2.78. The Morgan fingerprint density at radius 1 is 1.44 bits per heavy atom. The van der Waals surface area contributed by atoms with Gasteiger partial charge in [0, 0.05) is 0 Å². The number of hydrogen-bond acceptors (Lipinski definition) is 6. The molecule has 0 saturated carbocycles. The van der Waals surface area contributed by atoms with E-state index in [-0.39, 0.29) is 10.8 Å². The van der Waals surface area contributed by atoms with Gasteiger partial charge in [0.15, 0.2) is 10.8 Å². The Balaban J connectivity index is 2.55. The molecule has 0 spiro atoms. The summed E-state index contributed by atoms with van der Waals surface area (Å²) >= 11 is 1.08. The molecule has 7 heteroatoms. The third-order valence-electron chi connectivity index (χ3n) is 1.88. The maximum Gasteiger partial charge on any atom is 0.356 e. The number of rotatable bonds is 2. The van der Waals surface area contributed by atoms with Gasteiger partial charge in [-0.05, 0) is 19.1 Å². The van der Waals surface area contributed by atoms with Crippen molar-refractivity contribution in [3.8, 4) is 10.6 Å². The zero-order valence-electron chi connectivity index (χ0n) is 8.34. The summed E-state index contributed by atoms with van der Waals surface area (Å²) < 4.78 is 0. The van der Waals surface area contributed by atoms with Crippen molar-refractivity contribution in [2.45, 2.75) is 6.92 Å². The first-order valence-electron chi connectivity index (χ1n) is 4.38. The highest BCUT2D eigenvalue weighted by Crippen LogP contribution is 2.29. The summed E-state index contributed by atoms with van der Waals surface area (Å²) in [4.78, 5) is 15.1. The van der Waals surface area contributed by atoms with Crippen LogP contribution < -0.4 is 5.73 Å². The molecule has 0 amide bonds. The average molecular weight is 236 g/mol. The fourth-order valence-electron chi connectivity index (χ4n) is 1.18. The van der Waals surface area contributed by atoms with Crippen LogP contribution in [0.15, 0.2) is 12.1 Å². The van der Waals surface area contributed by atoms with Gasteiger partial charge in [0.25, 0.3) is 0 Å². The van der Waals surface area contributed by atoms with Crippen molar-refractivity contribution in [3.63, 3.8) is 0 Å². The molecular weight excluding hydrogens is 228 g/mol. The number of hydrogen-bond donors (Lipinski definition) is 2. The molecule has 0 aliphatic carbocycles. The van der Waals surface area contributed by atoms with Gasteiger partial charge in [-0.25, -0.2) is 9.78 Å². The molecule has 0 radical (unpaired) electrons. The molecule has 0 saturated heterocycles. The van der Waals surface area contributed by atoms with Crippen LogP contribution in [0.2, 0.25) is 0 Å². The number of carbonyl (C=O) groups is 1. The summed E-state index contributed by atoms with van der Waals surface area (Å²) in [6.45, 7) is 1.80. The van der Waals surface area contributed by atoms with Gasteiger partial charge < -0.3 is 10.8 Å². The normalized spacial score (nSPS) is 10.3. The van der Waals surface area contributed by atoms with Crippen LogP contribution in [0.3, 0.4) is 0 Å². The first-order valence-corrected chi connectivity index (χ1v) is 5.20. The lowest BCUT2D eigenvalue weighted by Crippen LogP contribution is -2.00. The summed E-state index contributed by atoms with van der Waals surface area (Å²) in [6, 6.07) is 3.45. The summed E-state index contributed by atoms with van der Waals surface area (Å²) in [7, 11) is 0. The Kier molecular flexibility index (Phi) is 2.53. The average Bonchev–Trinajstić information content (AvgIpc) is 2.61. The molecule has 0 fully saturated rings. The summed E-state index contributed by atoms with van der Waals surface area (Å²) in [6.07, 6.45) is 0. The Labute approximate surface area is 94.8 Å². The largest absolute Gasteiger partial charge is 0.476 e. The van der Waals surface area contributed by atoms with E-state index in [2.05, 4.69) is 15.2 Å². The van der Waals surface area contributed by atoms with Crippen molar-refractivity contribution in [2.24, 2.45) is 0 Å². The number of anilines is 1. The maximum absolute atomic E-state index is 10.9. The topological polar surface area (TPSA) is 102 Å². The van der Waals surface area contributed by atoms with Crippen LogP contribution in [-0.2, 0) is 0 Å². The van der Waals surface area contributed by atoms with Gasteiger partial charge >= 0.3 is 5.97 Å². The molecule has 0 aliphatic rings. The second-order valence-electron chi connectivity index (χ2n) is 3.09. The van der Waals surface area contributed by atoms with Gasteiger partial charge in [-0.15, -0.1) is 5.10 Å². The highest BCUT2D eigenvalue weighted by molar-refractivity contribution is 7.19. The van der Waals surface area contributed by atoms with Crippen molar-refractivity contribution in [1.29, 1.82) is 0 Å². The van der Waals surface area contributed by atoms with Crippen LogP contribution in [-0.4, -0.2) is 26.3 Å². The number of nitrogens with two attached hydrogens (primary N) is 1. The molecule has 16 heavy (non-hydrogen) atoms. The van der Waals surface area contributed by atoms with Crippen molar-refractivity contribution >= 4 is 22.4 Å². The molecule has 6 nitrogen and oxygen atoms in total. The number of aryl methyl sites for hydroxylation is 1. The summed E-state index contributed by atoms with van der Waals surface area (Å²) in [5.41, 5.74) is 6.63. The Bertz CT molecular complexity index is 535. The summed E-state index contributed by atoms with van der Waals surface area (Å²) in [5.74, 6) is -1.12. The molecule has 2 aromatic rings. The van der Waals surface area contributed by atoms with Gasteiger partial charge in [-0.2, -0.15) is 5.10 Å². The fourth-order valence-corrected chi connectivity index (χ4v) is 1.96. The molecule has 0 bridgehead atoms. The first kappa shape index (κ1) is 10.5. The van der Waals surface area contributed by atoms with Crippen LogP contribution in [0, 0.1) is 6.92 Å². The molecule has 82 valence electrons. The summed E-state index contributed by atoms with van der Waals surface area (Å²) in [5, 5.41) is 16.9. The third kappa shape index (κ3) is 1.84. The van der Waals surface area contributed by atoms with E-state index in [0.717, 1.165) is 17.0 Å². The molecule has 0 aliphatic heterocycles. The van der Waals surface area contributed by atoms with E-state index in [9.17, 15) is 4.79 Å². The van der Waals surface area contributed by atoms with Crippen LogP contribution in [0.25, 0.3) is 10.6 Å². The number of nitrogens with zero attached hydrogens (tertiary/aromatic N) is 3. The van der Waals surface area contributed by atoms with Crippen molar-refractivity contribution in [1.82, 2.24) is 15.2 Å². The van der Waals surface area contributed by atoms with E-state index in [1.165, 1.54) is 0 Å². The van der Waals surface area contributed by atoms with Crippen LogP contribution >= 0.6 is 11.3 Å². The number of aromatic carboxylic acids is 1. The van der Waals surface area contributed by atoms with Crippen molar-refractivity contribution < 1.29 is 9.90 Å². The lowest BCUT2D eigenvalue weighted by molar-refractivity contribution is 0.0692. The molecule has 3 N–H and O–H groups in total. The molecule has 2 heterocycles. The van der Waals surface area contributed by atoms with Gasteiger partial charge in [0.05, 0.1) is 10.6 Å². The maximum atomic E-state index is 10.9. The van der Waals surface area contributed by atoms with Crippen LogP contribution in [0.1, 0.15) is 16.2 Å². The molecule has 0 aromatic carbocycles. The first-order chi connectivity index (χ1) is 7.58. The van der Waals surface area contributed by atoms with Gasteiger partial charge in [-0.1, -0.05) is 11.3 Å². The van der Waals surface area contributed by atoms with Crippen molar-refractivity contribution in [2.75, 3.05) is 5.73 Å². The molecule has 2 aromatic heterocycles. The van der Waals surface area contributed by atoms with E-state index >= 15 is 0 Å². The lowest BCUT2D eigenvalue weighted by Gasteiger charge is -1.96. The monoisotopic (exact) mass is 236 g/mol. The predicted molar refractivity (Wildman–Crippen MR) is 59.2 cm³/mol.